The van der Waals surface area contributed by atoms with E-state index in [-0.39, 0.29) is 5.75 Å². The molecule has 6 heteroatoms. The molecule has 0 spiro atoms. The summed E-state index contributed by atoms with van der Waals surface area (Å²) in [6, 6.07) is 7.49. The minimum atomic E-state index is -3.22. The molecule has 1 aromatic rings. The summed E-state index contributed by atoms with van der Waals surface area (Å²) >= 11 is 0. The van der Waals surface area contributed by atoms with Crippen LogP contribution in [0.25, 0.3) is 0 Å². The number of piperazine rings is 1. The number of nitrogens with zero attached hydrogens (tertiary/aromatic N) is 2. The van der Waals surface area contributed by atoms with Crippen LogP contribution in [0.4, 0.5) is 0 Å². The van der Waals surface area contributed by atoms with E-state index in [0.29, 0.717) is 19.6 Å². The van der Waals surface area contributed by atoms with E-state index in [1.807, 2.05) is 24.3 Å². The zero-order valence-corrected chi connectivity index (χ0v) is 13.5. The maximum absolute atomic E-state index is 12.5. The summed E-state index contributed by atoms with van der Waals surface area (Å²) in [7, 11) is -3.22. The molecule has 0 radical (unpaired) electrons. The third kappa shape index (κ3) is 4.51. The van der Waals surface area contributed by atoms with Gasteiger partial charge in [-0.05, 0) is 24.1 Å². The molecule has 0 atom stereocenters. The molecule has 0 aliphatic carbocycles. The van der Waals surface area contributed by atoms with Crippen LogP contribution in [-0.2, 0) is 22.3 Å². The van der Waals surface area contributed by atoms with E-state index in [2.05, 4.69) is 11.8 Å². The first-order valence-electron chi connectivity index (χ1n) is 7.53. The minimum Gasteiger partial charge on any atom is -0.326 e. The van der Waals surface area contributed by atoms with Gasteiger partial charge in [0.25, 0.3) is 0 Å². The first-order chi connectivity index (χ1) is 10.0. The molecular formula is C15H25N3O2S. The number of hydrogen-bond acceptors (Lipinski definition) is 4. The smallest absolute Gasteiger partial charge is 0.218 e. The lowest BCUT2D eigenvalue weighted by atomic mass is 10.1. The fraction of sp³-hybridized carbons (Fsp3) is 0.600. The summed E-state index contributed by atoms with van der Waals surface area (Å²) in [6.45, 7) is 6.54. The van der Waals surface area contributed by atoms with Gasteiger partial charge >= 0.3 is 0 Å². The van der Waals surface area contributed by atoms with Crippen molar-refractivity contribution < 1.29 is 8.42 Å². The third-order valence-corrected chi connectivity index (χ3v) is 5.72. The van der Waals surface area contributed by atoms with Gasteiger partial charge in [0.05, 0.1) is 5.75 Å². The Hall–Kier alpha value is -0.950. The molecule has 1 aromatic carbocycles. The van der Waals surface area contributed by atoms with Crippen molar-refractivity contribution in [2.24, 2.45) is 5.73 Å². The standard InChI is InChI=1S/C15H25N3O2S/c1-2-7-17-8-10-18(11-9-17)21(19,20)13-15-5-3-14(12-16)4-6-15/h3-6H,2,7-13,16H2,1H3. The second kappa shape index (κ2) is 7.35. The van der Waals surface area contributed by atoms with E-state index in [9.17, 15) is 8.42 Å². The highest BCUT2D eigenvalue weighted by molar-refractivity contribution is 7.88. The number of benzene rings is 1. The Labute approximate surface area is 127 Å². The molecule has 2 rings (SSSR count). The Kier molecular flexibility index (Phi) is 5.75. The Morgan fingerprint density at radius 2 is 1.62 bits per heavy atom. The highest BCUT2D eigenvalue weighted by Gasteiger charge is 2.26. The largest absolute Gasteiger partial charge is 0.326 e. The van der Waals surface area contributed by atoms with Crippen LogP contribution in [0.1, 0.15) is 24.5 Å². The molecule has 1 aliphatic heterocycles. The summed E-state index contributed by atoms with van der Waals surface area (Å²) in [5.41, 5.74) is 7.39. The number of sulfonamides is 1. The van der Waals surface area contributed by atoms with Crippen LogP contribution in [-0.4, -0.2) is 50.3 Å². The van der Waals surface area contributed by atoms with Crippen molar-refractivity contribution in [2.45, 2.75) is 25.6 Å². The van der Waals surface area contributed by atoms with Gasteiger partial charge in [-0.25, -0.2) is 8.42 Å². The molecule has 1 fully saturated rings. The normalized spacial score (nSPS) is 18.0. The second-order valence-corrected chi connectivity index (χ2v) is 7.49. The summed E-state index contributed by atoms with van der Waals surface area (Å²) in [5, 5.41) is 0. The number of nitrogens with two attached hydrogens (primary N) is 1. The van der Waals surface area contributed by atoms with Crippen LogP contribution < -0.4 is 5.73 Å². The van der Waals surface area contributed by atoms with E-state index in [0.717, 1.165) is 37.2 Å². The Morgan fingerprint density at radius 1 is 1.05 bits per heavy atom. The van der Waals surface area contributed by atoms with Gasteiger partial charge in [-0.1, -0.05) is 31.2 Å². The van der Waals surface area contributed by atoms with Crippen LogP contribution in [0.5, 0.6) is 0 Å². The minimum absolute atomic E-state index is 0.0750. The zero-order chi connectivity index (χ0) is 15.3. The SMILES string of the molecule is CCCN1CCN(S(=O)(=O)Cc2ccc(CN)cc2)CC1. The Balaban J connectivity index is 1.95. The molecule has 0 saturated carbocycles. The molecular weight excluding hydrogens is 286 g/mol. The molecule has 5 nitrogen and oxygen atoms in total. The lowest BCUT2D eigenvalue weighted by Crippen LogP contribution is -2.48. The third-order valence-electron chi connectivity index (χ3n) is 3.87. The van der Waals surface area contributed by atoms with E-state index in [4.69, 9.17) is 5.73 Å². The predicted octanol–water partition coefficient (Wildman–Crippen LogP) is 1.00. The second-order valence-electron chi connectivity index (χ2n) is 5.52. The predicted molar refractivity (Wildman–Crippen MR) is 85.3 cm³/mol. The van der Waals surface area contributed by atoms with Gasteiger partial charge < -0.3 is 10.6 Å². The lowest BCUT2D eigenvalue weighted by molar-refractivity contribution is 0.188. The summed E-state index contributed by atoms with van der Waals surface area (Å²) in [5.74, 6) is 0.0750. The number of hydrogen-bond donors (Lipinski definition) is 1. The Bertz CT molecular complexity index is 535. The van der Waals surface area contributed by atoms with Crippen molar-refractivity contribution in [1.82, 2.24) is 9.21 Å². The van der Waals surface area contributed by atoms with Crippen LogP contribution in [0.3, 0.4) is 0 Å². The zero-order valence-electron chi connectivity index (χ0n) is 12.7. The van der Waals surface area contributed by atoms with Crippen LogP contribution in [0, 0.1) is 0 Å². The van der Waals surface area contributed by atoms with Crippen LogP contribution in [0.15, 0.2) is 24.3 Å². The van der Waals surface area contributed by atoms with Crippen molar-refractivity contribution in [3.8, 4) is 0 Å². The highest BCUT2D eigenvalue weighted by Crippen LogP contribution is 2.14. The molecule has 1 saturated heterocycles. The average Bonchev–Trinajstić information content (AvgIpc) is 2.48. The summed E-state index contributed by atoms with van der Waals surface area (Å²) in [4.78, 5) is 2.32. The van der Waals surface area contributed by atoms with Gasteiger partial charge in [-0.15, -0.1) is 0 Å². The van der Waals surface area contributed by atoms with Crippen LogP contribution in [0.2, 0.25) is 0 Å². The molecule has 2 N–H and O–H groups in total. The fourth-order valence-corrected chi connectivity index (χ4v) is 4.14. The molecule has 0 unspecified atom stereocenters. The van der Waals surface area contributed by atoms with Crippen molar-refractivity contribution >= 4 is 10.0 Å². The first kappa shape index (κ1) is 16.4. The maximum atomic E-state index is 12.5. The molecule has 0 bridgehead atoms. The first-order valence-corrected chi connectivity index (χ1v) is 9.14. The highest BCUT2D eigenvalue weighted by atomic mass is 32.2. The molecule has 0 amide bonds. The average molecular weight is 311 g/mol. The fourth-order valence-electron chi connectivity index (χ4n) is 2.62. The van der Waals surface area contributed by atoms with E-state index in [1.165, 1.54) is 0 Å². The quantitative estimate of drug-likeness (QED) is 0.851. The van der Waals surface area contributed by atoms with E-state index in [1.54, 1.807) is 4.31 Å². The van der Waals surface area contributed by atoms with Gasteiger partial charge in [0.1, 0.15) is 0 Å². The van der Waals surface area contributed by atoms with Gasteiger partial charge in [0, 0.05) is 32.7 Å². The van der Waals surface area contributed by atoms with E-state index >= 15 is 0 Å². The molecule has 118 valence electrons. The van der Waals surface area contributed by atoms with Crippen molar-refractivity contribution in [3.05, 3.63) is 35.4 Å². The molecule has 1 heterocycles. The molecule has 21 heavy (non-hydrogen) atoms. The van der Waals surface area contributed by atoms with Gasteiger partial charge in [0.2, 0.25) is 10.0 Å². The van der Waals surface area contributed by atoms with Crippen LogP contribution >= 0.6 is 0 Å². The van der Waals surface area contributed by atoms with Gasteiger partial charge in [-0.3, -0.25) is 0 Å². The van der Waals surface area contributed by atoms with Gasteiger partial charge in [0.15, 0.2) is 0 Å². The van der Waals surface area contributed by atoms with Crippen molar-refractivity contribution in [2.75, 3.05) is 32.7 Å². The number of rotatable bonds is 6. The lowest BCUT2D eigenvalue weighted by Gasteiger charge is -2.33. The molecule has 0 aromatic heterocycles. The van der Waals surface area contributed by atoms with Gasteiger partial charge in [-0.2, -0.15) is 4.31 Å². The Morgan fingerprint density at radius 3 is 2.14 bits per heavy atom. The maximum Gasteiger partial charge on any atom is 0.218 e. The topological polar surface area (TPSA) is 66.6 Å². The van der Waals surface area contributed by atoms with Crippen molar-refractivity contribution in [1.29, 1.82) is 0 Å². The van der Waals surface area contributed by atoms with E-state index < -0.39 is 10.0 Å². The summed E-state index contributed by atoms with van der Waals surface area (Å²) in [6.07, 6.45) is 1.11. The summed E-state index contributed by atoms with van der Waals surface area (Å²) < 4.78 is 26.5. The monoisotopic (exact) mass is 311 g/mol. The van der Waals surface area contributed by atoms with Crippen molar-refractivity contribution in [3.63, 3.8) is 0 Å². The molecule has 1 aliphatic rings.